The number of piperidine rings is 1. The van der Waals surface area contributed by atoms with E-state index in [-0.39, 0.29) is 18.9 Å². The zero-order valence-electron chi connectivity index (χ0n) is 9.26. The first-order chi connectivity index (χ1) is 5.26. The van der Waals surface area contributed by atoms with Crippen LogP contribution in [0.15, 0.2) is 0 Å². The van der Waals surface area contributed by atoms with Gasteiger partial charge >= 0.3 is 18.9 Å². The Morgan fingerprint density at radius 1 is 1.15 bits per heavy atom. The molecular weight excluding hydrogens is 161 g/mol. The fraction of sp³-hybridized carbons (Fsp3) is 1.00. The molecule has 1 rings (SSSR count). The van der Waals surface area contributed by atoms with Crippen molar-refractivity contribution in [1.29, 1.82) is 0 Å². The van der Waals surface area contributed by atoms with E-state index in [9.17, 15) is 10.3 Å². The molecule has 0 aromatic heterocycles. The van der Waals surface area contributed by atoms with Crippen LogP contribution in [0.3, 0.4) is 0 Å². The van der Waals surface area contributed by atoms with E-state index in [0.717, 1.165) is 5.06 Å². The van der Waals surface area contributed by atoms with Crippen LogP contribution in [0.1, 0.15) is 40.5 Å². The molecule has 1 aliphatic rings. The standard InChI is InChI=1S/C9H17NO2.Li/c1-8(2)5-7(11)6-9(3,4)10(8)12;/h7H,5-6H2,1-4H3;/q-1;+1. The largest absolute Gasteiger partial charge is 1.00 e. The second-order valence-electron chi connectivity index (χ2n) is 4.95. The van der Waals surface area contributed by atoms with Gasteiger partial charge in [-0.05, 0) is 40.5 Å². The summed E-state index contributed by atoms with van der Waals surface area (Å²) < 4.78 is 0. The van der Waals surface area contributed by atoms with Crippen molar-refractivity contribution in [3.63, 3.8) is 0 Å². The van der Waals surface area contributed by atoms with Crippen LogP contribution in [-0.4, -0.2) is 22.2 Å². The van der Waals surface area contributed by atoms with Crippen LogP contribution >= 0.6 is 0 Å². The number of rotatable bonds is 0. The van der Waals surface area contributed by atoms with Crippen LogP contribution in [0.2, 0.25) is 0 Å². The van der Waals surface area contributed by atoms with E-state index in [1.54, 1.807) is 0 Å². The predicted molar refractivity (Wildman–Crippen MR) is 43.7 cm³/mol. The van der Waals surface area contributed by atoms with Crippen LogP contribution in [0.4, 0.5) is 0 Å². The molecule has 0 amide bonds. The summed E-state index contributed by atoms with van der Waals surface area (Å²) in [5.74, 6) is 0. The SMILES string of the molecule is CC1(C)CC([O-])CC(C)(C)N1[O].[Li+]. The van der Waals surface area contributed by atoms with Crippen molar-refractivity contribution in [2.24, 2.45) is 0 Å². The molecule has 0 aromatic rings. The average molecular weight is 178 g/mol. The van der Waals surface area contributed by atoms with Gasteiger partial charge in [0, 0.05) is 11.1 Å². The molecule has 0 atom stereocenters. The maximum atomic E-state index is 11.7. The molecule has 0 unspecified atom stereocenters. The number of hydrogen-bond donors (Lipinski definition) is 0. The van der Waals surface area contributed by atoms with E-state index >= 15 is 0 Å². The zero-order valence-corrected chi connectivity index (χ0v) is 9.26. The Balaban J connectivity index is 0.00000144. The van der Waals surface area contributed by atoms with Gasteiger partial charge < -0.3 is 5.11 Å². The van der Waals surface area contributed by atoms with Gasteiger partial charge in [-0.25, -0.2) is 0 Å². The summed E-state index contributed by atoms with van der Waals surface area (Å²) in [6.07, 6.45) is 0.333. The first-order valence-electron chi connectivity index (χ1n) is 4.39. The van der Waals surface area contributed by atoms with Gasteiger partial charge in [0.25, 0.3) is 0 Å². The molecule has 0 spiro atoms. The molecule has 0 saturated carbocycles. The summed E-state index contributed by atoms with van der Waals surface area (Å²) in [5.41, 5.74) is -0.984. The fourth-order valence-corrected chi connectivity index (χ4v) is 2.17. The molecule has 0 aliphatic carbocycles. The van der Waals surface area contributed by atoms with Crippen molar-refractivity contribution >= 4 is 0 Å². The van der Waals surface area contributed by atoms with Gasteiger partial charge in [0.1, 0.15) is 0 Å². The molecule has 1 radical (unpaired) electrons. The van der Waals surface area contributed by atoms with Crippen molar-refractivity contribution in [2.75, 3.05) is 0 Å². The topological polar surface area (TPSA) is 46.2 Å². The minimum absolute atomic E-state index is 0. The van der Waals surface area contributed by atoms with Crippen molar-refractivity contribution in [2.45, 2.75) is 57.7 Å². The summed E-state index contributed by atoms with van der Waals surface area (Å²) in [6, 6.07) is 0. The third-order valence-electron chi connectivity index (χ3n) is 2.55. The monoisotopic (exact) mass is 178 g/mol. The minimum atomic E-state index is -0.583. The molecular formula is C9H17LiNO2. The van der Waals surface area contributed by atoms with Gasteiger partial charge in [-0.3, -0.25) is 0 Å². The minimum Gasteiger partial charge on any atom is -0.852 e. The molecule has 0 bridgehead atoms. The molecule has 1 aliphatic heterocycles. The van der Waals surface area contributed by atoms with Crippen molar-refractivity contribution in [1.82, 2.24) is 5.06 Å². The normalized spacial score (nSPS) is 28.2. The number of hydroxylamine groups is 2. The third kappa shape index (κ3) is 2.71. The number of hydrogen-bond acceptors (Lipinski definition) is 2. The van der Waals surface area contributed by atoms with Gasteiger partial charge in [-0.2, -0.15) is 0 Å². The van der Waals surface area contributed by atoms with E-state index in [1.165, 1.54) is 0 Å². The summed E-state index contributed by atoms with van der Waals surface area (Å²) in [6.45, 7) is 7.36. The van der Waals surface area contributed by atoms with Gasteiger partial charge in [0.15, 0.2) is 0 Å². The van der Waals surface area contributed by atoms with E-state index < -0.39 is 17.2 Å². The van der Waals surface area contributed by atoms with Crippen LogP contribution in [0.5, 0.6) is 0 Å². The maximum absolute atomic E-state index is 11.7. The first-order valence-corrected chi connectivity index (χ1v) is 4.39. The molecule has 0 aromatic carbocycles. The van der Waals surface area contributed by atoms with Crippen LogP contribution < -0.4 is 24.0 Å². The summed E-state index contributed by atoms with van der Waals surface area (Å²) in [5, 5.41) is 24.1. The van der Waals surface area contributed by atoms with Crippen molar-refractivity contribution in [3.05, 3.63) is 0 Å². The molecule has 71 valence electrons. The Morgan fingerprint density at radius 2 is 1.46 bits per heavy atom. The Kier molecular flexibility index (Phi) is 4.06. The summed E-state index contributed by atoms with van der Waals surface area (Å²) in [7, 11) is 0. The predicted octanol–water partition coefficient (Wildman–Crippen LogP) is -2.28. The second kappa shape index (κ2) is 3.92. The van der Waals surface area contributed by atoms with Crippen LogP contribution in [-0.2, 0) is 5.21 Å². The Morgan fingerprint density at radius 3 is 1.77 bits per heavy atom. The molecule has 1 saturated heterocycles. The Labute approximate surface area is 92.3 Å². The maximum Gasteiger partial charge on any atom is 1.00 e. The summed E-state index contributed by atoms with van der Waals surface area (Å²) in [4.78, 5) is 0. The molecule has 13 heavy (non-hydrogen) atoms. The molecule has 0 N–H and O–H groups in total. The van der Waals surface area contributed by atoms with E-state index in [1.807, 2.05) is 27.7 Å². The Bertz CT molecular complexity index is 164. The van der Waals surface area contributed by atoms with Gasteiger partial charge in [-0.15, -0.1) is 16.4 Å². The zero-order chi connectivity index (χ0) is 9.57. The molecule has 4 heteroatoms. The van der Waals surface area contributed by atoms with Crippen LogP contribution in [0, 0.1) is 0 Å². The smallest absolute Gasteiger partial charge is 0.852 e. The third-order valence-corrected chi connectivity index (χ3v) is 2.55. The van der Waals surface area contributed by atoms with E-state index in [2.05, 4.69) is 0 Å². The second-order valence-corrected chi connectivity index (χ2v) is 4.95. The van der Waals surface area contributed by atoms with Gasteiger partial charge in [0.2, 0.25) is 0 Å². The number of nitrogens with zero attached hydrogens (tertiary/aromatic N) is 1. The van der Waals surface area contributed by atoms with Gasteiger partial charge in [0.05, 0.1) is 0 Å². The average Bonchev–Trinajstić information content (AvgIpc) is 1.80. The van der Waals surface area contributed by atoms with E-state index in [0.29, 0.717) is 12.8 Å². The Hall–Kier alpha value is 0.477. The molecule has 3 nitrogen and oxygen atoms in total. The quantitative estimate of drug-likeness (QED) is 0.392. The van der Waals surface area contributed by atoms with E-state index in [4.69, 9.17) is 0 Å². The van der Waals surface area contributed by atoms with Crippen molar-refractivity contribution in [3.8, 4) is 0 Å². The van der Waals surface area contributed by atoms with Crippen LogP contribution in [0.25, 0.3) is 0 Å². The fourth-order valence-electron chi connectivity index (χ4n) is 2.17. The molecule has 1 fully saturated rings. The molecule has 1 heterocycles. The van der Waals surface area contributed by atoms with Crippen molar-refractivity contribution < 1.29 is 29.2 Å². The first kappa shape index (κ1) is 13.5. The summed E-state index contributed by atoms with van der Waals surface area (Å²) >= 11 is 0. The van der Waals surface area contributed by atoms with Gasteiger partial charge in [-0.1, -0.05) is 0 Å².